The van der Waals surface area contributed by atoms with Crippen LogP contribution in [0.4, 0.5) is 5.69 Å². The topological polar surface area (TPSA) is 63.7 Å². The predicted molar refractivity (Wildman–Crippen MR) is 104 cm³/mol. The van der Waals surface area contributed by atoms with Gasteiger partial charge < -0.3 is 4.74 Å². The predicted octanol–water partition coefficient (Wildman–Crippen LogP) is 3.68. The molecule has 0 aromatic heterocycles. The van der Waals surface area contributed by atoms with E-state index in [0.29, 0.717) is 5.69 Å². The van der Waals surface area contributed by atoms with E-state index in [0.717, 1.165) is 36.0 Å². The molecule has 1 unspecified atom stereocenters. The van der Waals surface area contributed by atoms with E-state index < -0.39 is 16.0 Å². The molecule has 0 saturated carbocycles. The second-order valence-electron chi connectivity index (χ2n) is 6.91. The van der Waals surface area contributed by atoms with Crippen LogP contribution in [0.3, 0.4) is 0 Å². The van der Waals surface area contributed by atoms with Gasteiger partial charge in [0.1, 0.15) is 12.6 Å². The summed E-state index contributed by atoms with van der Waals surface area (Å²) in [5.74, 6) is -0.530. The Balaban J connectivity index is 1.88. The number of rotatable bonds is 2. The fourth-order valence-corrected chi connectivity index (χ4v) is 5.07. The minimum atomic E-state index is -3.90. The van der Waals surface area contributed by atoms with E-state index in [1.807, 2.05) is 19.1 Å². The number of esters is 1. The van der Waals surface area contributed by atoms with Crippen LogP contribution in [0.1, 0.15) is 30.4 Å². The molecule has 4 rings (SSSR count). The van der Waals surface area contributed by atoms with Gasteiger partial charge in [-0.3, -0.25) is 9.10 Å². The number of fused-ring (bicyclic) bond motifs is 3. The number of carbonyl (C=O) groups is 1. The molecule has 0 N–H and O–H groups in total. The molecule has 140 valence electrons. The highest BCUT2D eigenvalue weighted by atomic mass is 32.2. The lowest BCUT2D eigenvalue weighted by molar-refractivity contribution is -0.145. The first-order valence-corrected chi connectivity index (χ1v) is 10.5. The Morgan fingerprint density at radius 1 is 1.07 bits per heavy atom. The van der Waals surface area contributed by atoms with Crippen LogP contribution in [0.2, 0.25) is 0 Å². The Morgan fingerprint density at radius 2 is 1.81 bits per heavy atom. The van der Waals surface area contributed by atoms with Crippen LogP contribution < -0.4 is 4.31 Å². The number of aryl methyl sites for hydroxylation is 1. The van der Waals surface area contributed by atoms with Gasteiger partial charge in [-0.2, -0.15) is 0 Å². The average Bonchev–Trinajstić information content (AvgIpc) is 2.66. The molecule has 0 fully saturated rings. The number of allylic oxidation sites excluding steroid dienone is 1. The lowest BCUT2D eigenvalue weighted by Gasteiger charge is -2.33. The molecule has 1 aliphatic carbocycles. The summed E-state index contributed by atoms with van der Waals surface area (Å²) in [6.07, 6.45) is 4.35. The van der Waals surface area contributed by atoms with Crippen LogP contribution in [0.25, 0.3) is 5.57 Å². The molecule has 1 atom stereocenters. The third-order valence-corrected chi connectivity index (χ3v) is 6.79. The number of hydrogen-bond acceptors (Lipinski definition) is 4. The first-order valence-electron chi connectivity index (χ1n) is 9.05. The van der Waals surface area contributed by atoms with Crippen molar-refractivity contribution in [3.63, 3.8) is 0 Å². The van der Waals surface area contributed by atoms with Gasteiger partial charge in [0.25, 0.3) is 10.0 Å². The van der Waals surface area contributed by atoms with E-state index in [4.69, 9.17) is 4.74 Å². The van der Waals surface area contributed by atoms with E-state index in [1.165, 1.54) is 4.31 Å². The fourth-order valence-electron chi connectivity index (χ4n) is 3.64. The van der Waals surface area contributed by atoms with Crippen molar-refractivity contribution in [2.45, 2.75) is 37.2 Å². The van der Waals surface area contributed by atoms with Crippen molar-refractivity contribution in [1.29, 1.82) is 0 Å². The summed E-state index contributed by atoms with van der Waals surface area (Å²) in [5.41, 5.74) is 3.20. The SMILES string of the molecule is Cc1ccc(S(=O)(=O)N2CC(=O)OC3CCCC=C3c3ccccc32)cc1. The number of anilines is 1. The normalized spacial score (nSPS) is 19.9. The molecule has 0 bridgehead atoms. The molecule has 0 spiro atoms. The Labute approximate surface area is 159 Å². The maximum Gasteiger partial charge on any atom is 0.327 e. The first kappa shape index (κ1) is 17.8. The van der Waals surface area contributed by atoms with Crippen molar-refractivity contribution < 1.29 is 17.9 Å². The Morgan fingerprint density at radius 3 is 2.59 bits per heavy atom. The Kier molecular flexibility index (Phi) is 4.52. The molecular weight excluding hydrogens is 362 g/mol. The number of sulfonamides is 1. The number of hydrogen-bond donors (Lipinski definition) is 0. The van der Waals surface area contributed by atoms with E-state index in [2.05, 4.69) is 6.08 Å². The van der Waals surface area contributed by atoms with Crippen LogP contribution in [0.15, 0.2) is 59.5 Å². The number of nitrogens with zero attached hydrogens (tertiary/aromatic N) is 1. The minimum Gasteiger partial charge on any atom is -0.456 e. The average molecular weight is 383 g/mol. The molecule has 6 heteroatoms. The molecule has 2 aromatic rings. The van der Waals surface area contributed by atoms with Crippen LogP contribution in [-0.4, -0.2) is 27.0 Å². The van der Waals surface area contributed by atoms with Gasteiger partial charge in [0.15, 0.2) is 0 Å². The zero-order chi connectivity index (χ0) is 19.0. The minimum absolute atomic E-state index is 0.158. The molecule has 1 aliphatic heterocycles. The van der Waals surface area contributed by atoms with Crippen molar-refractivity contribution in [1.82, 2.24) is 0 Å². The van der Waals surface area contributed by atoms with Gasteiger partial charge in [0.2, 0.25) is 0 Å². The fraction of sp³-hybridized carbons (Fsp3) is 0.286. The monoisotopic (exact) mass is 383 g/mol. The number of carbonyl (C=O) groups excluding carboxylic acids is 1. The molecule has 1 heterocycles. The number of para-hydroxylation sites is 1. The van der Waals surface area contributed by atoms with Crippen LogP contribution in [0, 0.1) is 6.92 Å². The van der Waals surface area contributed by atoms with Gasteiger partial charge in [-0.1, -0.05) is 42.0 Å². The maximum atomic E-state index is 13.3. The number of benzene rings is 2. The molecule has 0 saturated heterocycles. The van der Waals surface area contributed by atoms with Crippen molar-refractivity contribution in [3.05, 3.63) is 65.7 Å². The van der Waals surface area contributed by atoms with Crippen LogP contribution in [0.5, 0.6) is 0 Å². The molecule has 27 heavy (non-hydrogen) atoms. The maximum absolute atomic E-state index is 13.3. The van der Waals surface area contributed by atoms with E-state index in [-0.39, 0.29) is 17.5 Å². The van der Waals surface area contributed by atoms with Crippen LogP contribution in [-0.2, 0) is 19.6 Å². The zero-order valence-corrected chi connectivity index (χ0v) is 15.9. The molecule has 2 aromatic carbocycles. The van der Waals surface area contributed by atoms with Gasteiger partial charge in [-0.25, -0.2) is 8.42 Å². The van der Waals surface area contributed by atoms with E-state index >= 15 is 0 Å². The van der Waals surface area contributed by atoms with Crippen LogP contribution >= 0.6 is 0 Å². The van der Waals surface area contributed by atoms with Gasteiger partial charge >= 0.3 is 5.97 Å². The van der Waals surface area contributed by atoms with Gasteiger partial charge in [0.05, 0.1) is 10.6 Å². The second kappa shape index (κ2) is 6.85. The summed E-state index contributed by atoms with van der Waals surface area (Å²) in [6, 6.07) is 14.0. The van der Waals surface area contributed by atoms with Gasteiger partial charge in [-0.05, 0) is 50.0 Å². The lowest BCUT2D eigenvalue weighted by Crippen LogP contribution is -2.40. The summed E-state index contributed by atoms with van der Waals surface area (Å²) in [5, 5.41) is 0. The summed E-state index contributed by atoms with van der Waals surface area (Å²) in [4.78, 5) is 12.6. The molecule has 5 nitrogen and oxygen atoms in total. The van der Waals surface area contributed by atoms with Crippen molar-refractivity contribution in [2.24, 2.45) is 0 Å². The third-order valence-electron chi connectivity index (χ3n) is 5.02. The quantitative estimate of drug-likeness (QED) is 0.742. The Bertz CT molecular complexity index is 1010. The second-order valence-corrected chi connectivity index (χ2v) is 8.77. The molecule has 2 aliphatic rings. The highest BCUT2D eigenvalue weighted by Gasteiger charge is 2.35. The molecule has 0 radical (unpaired) electrons. The lowest BCUT2D eigenvalue weighted by atomic mass is 9.89. The van der Waals surface area contributed by atoms with E-state index in [1.54, 1.807) is 36.4 Å². The van der Waals surface area contributed by atoms with Gasteiger partial charge in [0, 0.05) is 5.56 Å². The highest BCUT2D eigenvalue weighted by molar-refractivity contribution is 7.92. The Hall–Kier alpha value is -2.60. The third kappa shape index (κ3) is 3.25. The van der Waals surface area contributed by atoms with Crippen molar-refractivity contribution >= 4 is 27.3 Å². The highest BCUT2D eigenvalue weighted by Crippen LogP contribution is 2.38. The van der Waals surface area contributed by atoms with Crippen molar-refractivity contribution in [2.75, 3.05) is 10.8 Å². The van der Waals surface area contributed by atoms with Crippen molar-refractivity contribution in [3.8, 4) is 0 Å². The largest absolute Gasteiger partial charge is 0.456 e. The molecule has 0 amide bonds. The smallest absolute Gasteiger partial charge is 0.327 e. The number of ether oxygens (including phenoxy) is 1. The summed E-state index contributed by atoms with van der Waals surface area (Å²) < 4.78 is 33.4. The standard InChI is InChI=1S/C21H21NO4S/c1-15-10-12-16(13-11-15)27(24,25)22-14-21(23)26-20-9-5-3-7-18(20)17-6-2-4-8-19(17)22/h2,4,6-8,10-13,20H,3,5,9,14H2,1H3. The van der Waals surface area contributed by atoms with E-state index in [9.17, 15) is 13.2 Å². The first-order chi connectivity index (χ1) is 13.0. The molecular formula is C21H21NO4S. The summed E-state index contributed by atoms with van der Waals surface area (Å²) in [7, 11) is -3.90. The summed E-state index contributed by atoms with van der Waals surface area (Å²) >= 11 is 0. The summed E-state index contributed by atoms with van der Waals surface area (Å²) in [6.45, 7) is 1.56. The van der Waals surface area contributed by atoms with Gasteiger partial charge in [-0.15, -0.1) is 0 Å². The zero-order valence-electron chi connectivity index (χ0n) is 15.1.